The standard InChI is InChI=1S/C11H16N4O/c16-11(9-2-1-3-9)14-7-4-10(8-14)15-12-5-6-13-15/h5-6,9-10H,1-4,7-8H2. The summed E-state index contributed by atoms with van der Waals surface area (Å²) in [5.74, 6) is 0.658. The zero-order valence-electron chi connectivity index (χ0n) is 9.25. The summed E-state index contributed by atoms with van der Waals surface area (Å²) in [6, 6.07) is 0.277. The summed E-state index contributed by atoms with van der Waals surface area (Å²) >= 11 is 0. The lowest BCUT2D eigenvalue weighted by molar-refractivity contribution is -0.137. The van der Waals surface area contributed by atoms with Gasteiger partial charge in [0, 0.05) is 19.0 Å². The molecule has 0 spiro atoms. The molecule has 1 unspecified atom stereocenters. The molecule has 3 rings (SSSR count). The number of rotatable bonds is 2. The van der Waals surface area contributed by atoms with Crippen molar-refractivity contribution in [3.63, 3.8) is 0 Å². The molecule has 86 valence electrons. The smallest absolute Gasteiger partial charge is 0.225 e. The van der Waals surface area contributed by atoms with Gasteiger partial charge < -0.3 is 4.90 Å². The minimum absolute atomic E-state index is 0.277. The maximum atomic E-state index is 12.0. The topological polar surface area (TPSA) is 51.0 Å². The number of carbonyl (C=O) groups excluding carboxylic acids is 1. The second-order valence-electron chi connectivity index (χ2n) is 4.70. The zero-order valence-corrected chi connectivity index (χ0v) is 9.25. The van der Waals surface area contributed by atoms with Gasteiger partial charge in [-0.15, -0.1) is 0 Å². The Balaban J connectivity index is 1.62. The van der Waals surface area contributed by atoms with Crippen molar-refractivity contribution >= 4 is 5.91 Å². The number of carbonyl (C=O) groups is 1. The van der Waals surface area contributed by atoms with Crippen LogP contribution in [-0.4, -0.2) is 38.9 Å². The summed E-state index contributed by atoms with van der Waals surface area (Å²) in [7, 11) is 0. The molecule has 1 saturated heterocycles. The molecule has 0 N–H and O–H groups in total. The molecular weight excluding hydrogens is 204 g/mol. The lowest BCUT2D eigenvalue weighted by atomic mass is 9.84. The highest BCUT2D eigenvalue weighted by atomic mass is 16.2. The van der Waals surface area contributed by atoms with E-state index < -0.39 is 0 Å². The third-order valence-electron chi connectivity index (χ3n) is 3.69. The van der Waals surface area contributed by atoms with Gasteiger partial charge in [-0.25, -0.2) is 0 Å². The third-order valence-corrected chi connectivity index (χ3v) is 3.69. The average Bonchev–Trinajstić information content (AvgIpc) is 2.86. The maximum absolute atomic E-state index is 12.0. The molecule has 5 heteroatoms. The van der Waals surface area contributed by atoms with Crippen LogP contribution >= 0.6 is 0 Å². The van der Waals surface area contributed by atoms with Crippen molar-refractivity contribution in [1.29, 1.82) is 0 Å². The van der Waals surface area contributed by atoms with Crippen LogP contribution in [0.15, 0.2) is 12.4 Å². The Morgan fingerprint density at radius 3 is 2.56 bits per heavy atom. The van der Waals surface area contributed by atoms with E-state index in [2.05, 4.69) is 10.2 Å². The third kappa shape index (κ3) is 1.60. The van der Waals surface area contributed by atoms with E-state index in [1.807, 2.05) is 4.90 Å². The quantitative estimate of drug-likeness (QED) is 0.742. The number of nitrogens with zero attached hydrogens (tertiary/aromatic N) is 4. The molecule has 1 saturated carbocycles. The monoisotopic (exact) mass is 220 g/mol. The summed E-state index contributed by atoms with van der Waals surface area (Å²) in [4.78, 5) is 15.7. The summed E-state index contributed by atoms with van der Waals surface area (Å²) in [5.41, 5.74) is 0. The van der Waals surface area contributed by atoms with E-state index in [1.54, 1.807) is 17.2 Å². The normalized spacial score (nSPS) is 25.8. The van der Waals surface area contributed by atoms with Crippen molar-refractivity contribution in [3.8, 4) is 0 Å². The first-order valence-electron chi connectivity index (χ1n) is 5.99. The van der Waals surface area contributed by atoms with Gasteiger partial charge in [-0.05, 0) is 19.3 Å². The summed E-state index contributed by atoms with van der Waals surface area (Å²) < 4.78 is 0. The molecule has 1 atom stereocenters. The van der Waals surface area contributed by atoms with Crippen LogP contribution in [0.5, 0.6) is 0 Å². The minimum Gasteiger partial charge on any atom is -0.340 e. The first kappa shape index (κ1) is 9.81. The highest BCUT2D eigenvalue weighted by molar-refractivity contribution is 5.79. The number of aromatic nitrogens is 3. The van der Waals surface area contributed by atoms with Crippen LogP contribution in [0, 0.1) is 5.92 Å². The lowest BCUT2D eigenvalue weighted by Crippen LogP contribution is -2.37. The van der Waals surface area contributed by atoms with Crippen LogP contribution < -0.4 is 0 Å². The second-order valence-corrected chi connectivity index (χ2v) is 4.70. The van der Waals surface area contributed by atoms with Gasteiger partial charge in [0.15, 0.2) is 0 Å². The predicted molar refractivity (Wildman–Crippen MR) is 57.6 cm³/mol. The van der Waals surface area contributed by atoms with E-state index in [1.165, 1.54) is 6.42 Å². The molecule has 0 bridgehead atoms. The van der Waals surface area contributed by atoms with Crippen molar-refractivity contribution < 1.29 is 4.79 Å². The van der Waals surface area contributed by atoms with Gasteiger partial charge in [0.1, 0.15) is 0 Å². The number of likely N-dealkylation sites (tertiary alicyclic amines) is 1. The fourth-order valence-corrected chi connectivity index (χ4v) is 2.46. The Morgan fingerprint density at radius 1 is 1.19 bits per heavy atom. The Hall–Kier alpha value is -1.39. The van der Waals surface area contributed by atoms with E-state index >= 15 is 0 Å². The minimum atomic E-state index is 0.277. The molecule has 0 radical (unpaired) electrons. The molecule has 1 amide bonds. The Kier molecular flexibility index (Phi) is 2.38. The Labute approximate surface area is 94.4 Å². The first-order valence-corrected chi connectivity index (χ1v) is 5.99. The fraction of sp³-hybridized carbons (Fsp3) is 0.727. The molecule has 1 aliphatic carbocycles. The van der Waals surface area contributed by atoms with Gasteiger partial charge in [0.25, 0.3) is 0 Å². The van der Waals surface area contributed by atoms with Crippen LogP contribution in [0.25, 0.3) is 0 Å². The largest absolute Gasteiger partial charge is 0.340 e. The molecule has 1 aromatic rings. The van der Waals surface area contributed by atoms with Gasteiger partial charge >= 0.3 is 0 Å². The van der Waals surface area contributed by atoms with Gasteiger partial charge in [-0.3, -0.25) is 4.79 Å². The van der Waals surface area contributed by atoms with Gasteiger partial charge in [0.05, 0.1) is 18.4 Å². The van der Waals surface area contributed by atoms with E-state index in [9.17, 15) is 4.79 Å². The molecule has 16 heavy (non-hydrogen) atoms. The maximum Gasteiger partial charge on any atom is 0.225 e. The Morgan fingerprint density at radius 2 is 1.94 bits per heavy atom. The fourth-order valence-electron chi connectivity index (χ4n) is 2.46. The molecule has 2 aliphatic rings. The predicted octanol–water partition coefficient (Wildman–Crippen LogP) is 0.852. The van der Waals surface area contributed by atoms with Crippen molar-refractivity contribution in [2.24, 2.45) is 5.92 Å². The second kappa shape index (κ2) is 3.88. The van der Waals surface area contributed by atoms with E-state index in [0.29, 0.717) is 11.8 Å². The van der Waals surface area contributed by atoms with Crippen molar-refractivity contribution in [2.45, 2.75) is 31.7 Å². The SMILES string of the molecule is O=C(C1CCC1)N1CCC(n2nccn2)C1. The van der Waals surface area contributed by atoms with Crippen LogP contribution in [0.3, 0.4) is 0 Å². The van der Waals surface area contributed by atoms with Crippen LogP contribution in [0.2, 0.25) is 0 Å². The van der Waals surface area contributed by atoms with Crippen LogP contribution in [-0.2, 0) is 4.79 Å². The molecule has 0 aromatic carbocycles. The number of amides is 1. The highest BCUT2D eigenvalue weighted by Crippen LogP contribution is 2.30. The van der Waals surface area contributed by atoms with Crippen molar-refractivity contribution in [2.75, 3.05) is 13.1 Å². The van der Waals surface area contributed by atoms with Crippen molar-refractivity contribution in [3.05, 3.63) is 12.4 Å². The van der Waals surface area contributed by atoms with Gasteiger partial charge in [-0.2, -0.15) is 15.0 Å². The molecule has 5 nitrogen and oxygen atoms in total. The molecule has 2 heterocycles. The van der Waals surface area contributed by atoms with E-state index in [-0.39, 0.29) is 6.04 Å². The number of hydrogen-bond donors (Lipinski definition) is 0. The summed E-state index contributed by atoms with van der Waals surface area (Å²) in [6.07, 6.45) is 7.74. The summed E-state index contributed by atoms with van der Waals surface area (Å²) in [6.45, 7) is 1.64. The van der Waals surface area contributed by atoms with Gasteiger partial charge in [-0.1, -0.05) is 6.42 Å². The molecular formula is C11H16N4O. The molecule has 2 fully saturated rings. The number of hydrogen-bond acceptors (Lipinski definition) is 3. The molecule has 1 aromatic heterocycles. The van der Waals surface area contributed by atoms with E-state index in [4.69, 9.17) is 0 Å². The van der Waals surface area contributed by atoms with Crippen LogP contribution in [0.1, 0.15) is 31.7 Å². The zero-order chi connectivity index (χ0) is 11.0. The van der Waals surface area contributed by atoms with E-state index in [0.717, 1.165) is 32.4 Å². The van der Waals surface area contributed by atoms with Crippen molar-refractivity contribution in [1.82, 2.24) is 19.9 Å². The van der Waals surface area contributed by atoms with Gasteiger partial charge in [0.2, 0.25) is 5.91 Å². The Bertz CT molecular complexity index is 371. The summed E-state index contributed by atoms with van der Waals surface area (Å²) in [5, 5.41) is 8.28. The molecule has 1 aliphatic heterocycles. The lowest BCUT2D eigenvalue weighted by Gasteiger charge is -2.29. The highest BCUT2D eigenvalue weighted by Gasteiger charge is 2.34. The first-order chi connectivity index (χ1) is 7.84. The average molecular weight is 220 g/mol. The van der Waals surface area contributed by atoms with Crippen LogP contribution in [0.4, 0.5) is 0 Å².